The summed E-state index contributed by atoms with van der Waals surface area (Å²) in [5, 5.41) is 0.502. The van der Waals surface area contributed by atoms with Crippen LogP contribution in [0, 0.1) is 13.8 Å². The van der Waals surface area contributed by atoms with Gasteiger partial charge in [0.2, 0.25) is 5.91 Å². The van der Waals surface area contributed by atoms with Crippen LogP contribution in [-0.4, -0.2) is 47.0 Å². The number of rotatable bonds is 5. The predicted octanol–water partition coefficient (Wildman–Crippen LogP) is 3.71. The fourth-order valence-corrected chi connectivity index (χ4v) is 4.18. The Morgan fingerprint density at radius 1 is 1.23 bits per heavy atom. The molecule has 162 valence electrons. The maximum atomic E-state index is 13.1. The van der Waals surface area contributed by atoms with Crippen molar-refractivity contribution >= 4 is 40.7 Å². The van der Waals surface area contributed by atoms with Crippen molar-refractivity contribution in [2.45, 2.75) is 33.4 Å². The van der Waals surface area contributed by atoms with Gasteiger partial charge < -0.3 is 19.1 Å². The van der Waals surface area contributed by atoms with E-state index >= 15 is 0 Å². The molecule has 0 bridgehead atoms. The molecule has 3 aromatic rings. The highest BCUT2D eigenvalue weighted by atomic mass is 35.5. The first-order valence-corrected chi connectivity index (χ1v) is 10.6. The number of halogens is 1. The van der Waals surface area contributed by atoms with Crippen LogP contribution in [0.4, 0.5) is 5.69 Å². The third-order valence-electron chi connectivity index (χ3n) is 5.82. The number of carbonyl (C=O) groups excluding carboxylic acids is 2. The highest BCUT2D eigenvalue weighted by molar-refractivity contribution is 6.31. The van der Waals surface area contributed by atoms with Crippen LogP contribution in [0.5, 0.6) is 5.75 Å². The lowest BCUT2D eigenvalue weighted by molar-refractivity contribution is -0.130. The number of ether oxygens (including phenoxy) is 1. The Morgan fingerprint density at radius 3 is 2.77 bits per heavy atom. The lowest BCUT2D eigenvalue weighted by Gasteiger charge is -2.25. The van der Waals surface area contributed by atoms with E-state index in [9.17, 15) is 9.59 Å². The lowest BCUT2D eigenvalue weighted by Crippen LogP contribution is -2.39. The summed E-state index contributed by atoms with van der Waals surface area (Å²) < 4.78 is 7.27. The smallest absolute Gasteiger partial charge is 0.298 e. The van der Waals surface area contributed by atoms with Gasteiger partial charge >= 0.3 is 0 Å². The molecule has 0 unspecified atom stereocenters. The average molecular weight is 441 g/mol. The van der Waals surface area contributed by atoms with E-state index in [1.807, 2.05) is 4.90 Å². The molecular weight excluding hydrogens is 416 g/mol. The van der Waals surface area contributed by atoms with Crippen molar-refractivity contribution in [1.82, 2.24) is 14.5 Å². The molecule has 0 radical (unpaired) electrons. The SMILES string of the molecule is Cc1cc2nc3n(c2cc1C)CCCN(C(=O)CN(C)c1cc(Cl)ccc1OC=O)C3. The molecule has 0 spiro atoms. The van der Waals surface area contributed by atoms with Gasteiger partial charge in [0.25, 0.3) is 6.47 Å². The highest BCUT2D eigenvalue weighted by Gasteiger charge is 2.24. The van der Waals surface area contributed by atoms with Crippen LogP contribution in [0.1, 0.15) is 23.4 Å². The molecule has 0 atom stereocenters. The maximum Gasteiger partial charge on any atom is 0.298 e. The molecule has 0 saturated carbocycles. The normalized spacial score (nSPS) is 13.6. The van der Waals surface area contributed by atoms with Crippen LogP contribution in [0.25, 0.3) is 11.0 Å². The van der Waals surface area contributed by atoms with E-state index in [2.05, 4.69) is 30.5 Å². The third-order valence-corrected chi connectivity index (χ3v) is 6.05. The molecule has 7 nitrogen and oxygen atoms in total. The van der Waals surface area contributed by atoms with E-state index < -0.39 is 0 Å². The zero-order chi connectivity index (χ0) is 22.1. The fourth-order valence-electron chi connectivity index (χ4n) is 4.01. The van der Waals surface area contributed by atoms with Crippen molar-refractivity contribution < 1.29 is 14.3 Å². The highest BCUT2D eigenvalue weighted by Crippen LogP contribution is 2.31. The Morgan fingerprint density at radius 2 is 2.00 bits per heavy atom. The van der Waals surface area contributed by atoms with Crippen LogP contribution < -0.4 is 9.64 Å². The summed E-state index contributed by atoms with van der Waals surface area (Å²) in [4.78, 5) is 32.3. The first-order valence-electron chi connectivity index (χ1n) is 10.2. The molecular formula is C23H25ClN4O3. The average Bonchev–Trinajstić information content (AvgIpc) is 2.91. The second-order valence-electron chi connectivity index (χ2n) is 7.96. The molecule has 2 heterocycles. The Bertz CT molecular complexity index is 1160. The number of anilines is 1. The molecule has 0 aliphatic carbocycles. The first-order chi connectivity index (χ1) is 14.9. The van der Waals surface area contributed by atoms with Gasteiger partial charge in [-0.1, -0.05) is 11.6 Å². The van der Waals surface area contributed by atoms with E-state index in [4.69, 9.17) is 21.3 Å². The third kappa shape index (κ3) is 4.23. The Labute approximate surface area is 186 Å². The second-order valence-corrected chi connectivity index (χ2v) is 8.39. The Hall–Kier alpha value is -3.06. The number of fused-ring (bicyclic) bond motifs is 3. The van der Waals surface area contributed by atoms with Gasteiger partial charge in [0.05, 0.1) is 29.8 Å². The number of nitrogens with zero attached hydrogens (tertiary/aromatic N) is 4. The molecule has 0 fully saturated rings. The molecule has 8 heteroatoms. The van der Waals surface area contributed by atoms with Crippen LogP contribution in [0.2, 0.25) is 5.02 Å². The summed E-state index contributed by atoms with van der Waals surface area (Å²) in [6, 6.07) is 9.23. The van der Waals surface area contributed by atoms with Crippen molar-refractivity contribution in [3.63, 3.8) is 0 Å². The van der Waals surface area contributed by atoms with Crippen molar-refractivity contribution in [3.05, 3.63) is 52.3 Å². The fraction of sp³-hybridized carbons (Fsp3) is 0.348. The van der Waals surface area contributed by atoms with Crippen molar-refractivity contribution in [2.75, 3.05) is 25.0 Å². The van der Waals surface area contributed by atoms with E-state index in [-0.39, 0.29) is 12.5 Å². The monoisotopic (exact) mass is 440 g/mol. The van der Waals surface area contributed by atoms with Crippen LogP contribution >= 0.6 is 11.6 Å². The number of imidazole rings is 1. The first kappa shape index (κ1) is 21.2. The number of hydrogen-bond donors (Lipinski definition) is 0. The molecule has 1 aliphatic heterocycles. The van der Waals surface area contributed by atoms with E-state index in [1.54, 1.807) is 30.1 Å². The van der Waals surface area contributed by atoms with Gasteiger partial charge in [-0.05, 0) is 61.7 Å². The van der Waals surface area contributed by atoms with E-state index in [1.165, 1.54) is 11.1 Å². The summed E-state index contributed by atoms with van der Waals surface area (Å²) in [5.74, 6) is 1.24. The minimum atomic E-state index is -0.0209. The zero-order valence-electron chi connectivity index (χ0n) is 17.9. The quantitative estimate of drug-likeness (QED) is 0.566. The molecule has 2 aromatic carbocycles. The molecule has 1 aromatic heterocycles. The van der Waals surface area contributed by atoms with Gasteiger partial charge in [-0.25, -0.2) is 4.98 Å². The Kier molecular flexibility index (Phi) is 5.87. The summed E-state index contributed by atoms with van der Waals surface area (Å²) in [7, 11) is 1.78. The molecule has 0 N–H and O–H groups in total. The number of benzene rings is 2. The van der Waals surface area contributed by atoms with Gasteiger partial charge in [0.15, 0.2) is 5.75 Å². The molecule has 4 rings (SSSR count). The minimum Gasteiger partial charge on any atom is -0.427 e. The van der Waals surface area contributed by atoms with Crippen molar-refractivity contribution in [3.8, 4) is 5.75 Å². The summed E-state index contributed by atoms with van der Waals surface area (Å²) >= 11 is 6.11. The predicted molar refractivity (Wildman–Crippen MR) is 121 cm³/mol. The summed E-state index contributed by atoms with van der Waals surface area (Å²) in [6.45, 7) is 6.65. The molecule has 31 heavy (non-hydrogen) atoms. The number of hydrogen-bond acceptors (Lipinski definition) is 5. The Balaban J connectivity index is 1.55. The van der Waals surface area contributed by atoms with E-state index in [0.717, 1.165) is 29.8 Å². The minimum absolute atomic E-state index is 0.0209. The van der Waals surface area contributed by atoms with Gasteiger partial charge in [-0.2, -0.15) is 0 Å². The number of amides is 1. The van der Waals surface area contributed by atoms with Crippen LogP contribution in [0.3, 0.4) is 0 Å². The largest absolute Gasteiger partial charge is 0.427 e. The number of aryl methyl sites for hydroxylation is 3. The number of likely N-dealkylation sites (N-methyl/N-ethyl adjacent to an activating group) is 1. The zero-order valence-corrected chi connectivity index (χ0v) is 18.6. The van der Waals surface area contributed by atoms with E-state index in [0.29, 0.717) is 36.0 Å². The van der Waals surface area contributed by atoms with Crippen molar-refractivity contribution in [2.24, 2.45) is 0 Å². The van der Waals surface area contributed by atoms with Crippen LogP contribution in [0.15, 0.2) is 30.3 Å². The topological polar surface area (TPSA) is 67.7 Å². The molecule has 1 amide bonds. The van der Waals surface area contributed by atoms with Gasteiger partial charge in [0, 0.05) is 25.2 Å². The number of carbonyl (C=O) groups is 2. The molecule has 1 aliphatic rings. The van der Waals surface area contributed by atoms with Gasteiger partial charge in [-0.15, -0.1) is 0 Å². The summed E-state index contributed by atoms with van der Waals surface area (Å²) in [5.41, 5.74) is 5.13. The lowest BCUT2D eigenvalue weighted by atomic mass is 10.1. The standard InChI is InChI=1S/C23H25ClN4O3/c1-15-9-18-19(10-16(15)2)28-8-4-7-27(12-22(28)25-18)23(30)13-26(3)20-11-17(24)5-6-21(20)31-14-29/h5-6,9-11,14H,4,7-8,12-13H2,1-3H3. The number of aromatic nitrogens is 2. The second kappa shape index (κ2) is 8.59. The van der Waals surface area contributed by atoms with Crippen molar-refractivity contribution in [1.29, 1.82) is 0 Å². The summed E-state index contributed by atoms with van der Waals surface area (Å²) in [6.07, 6.45) is 0.859. The van der Waals surface area contributed by atoms with Gasteiger partial charge in [0.1, 0.15) is 5.82 Å². The molecule has 0 saturated heterocycles. The van der Waals surface area contributed by atoms with Gasteiger partial charge in [-0.3, -0.25) is 9.59 Å². The maximum absolute atomic E-state index is 13.1. The van der Waals surface area contributed by atoms with Crippen LogP contribution in [-0.2, 0) is 22.7 Å².